The molecule has 0 aromatic heterocycles. The summed E-state index contributed by atoms with van der Waals surface area (Å²) < 4.78 is 11.7. The Kier molecular flexibility index (Phi) is 4.85. The van der Waals surface area contributed by atoms with Crippen LogP contribution in [0.4, 0.5) is 5.69 Å². The van der Waals surface area contributed by atoms with Gasteiger partial charge in [0.1, 0.15) is 4.38 Å². The highest BCUT2D eigenvalue weighted by Gasteiger charge is 2.17. The number of benzene rings is 2. The Morgan fingerprint density at radius 2 is 2.08 bits per heavy atom. The van der Waals surface area contributed by atoms with Gasteiger partial charge in [-0.3, -0.25) is 9.79 Å². The number of aliphatic imine (C=N–C) groups is 1. The number of ether oxygens (including phenoxy) is 2. The maximum Gasteiger partial charge on any atom is 0.255 e. The number of anilines is 1. The van der Waals surface area contributed by atoms with Gasteiger partial charge < -0.3 is 14.8 Å². The van der Waals surface area contributed by atoms with Gasteiger partial charge in [0.15, 0.2) is 11.5 Å². The van der Waals surface area contributed by atoms with E-state index < -0.39 is 0 Å². The molecule has 7 heteroatoms. The van der Waals surface area contributed by atoms with Crippen LogP contribution in [-0.4, -0.2) is 29.4 Å². The van der Waals surface area contributed by atoms with E-state index in [1.54, 1.807) is 35.7 Å². The van der Waals surface area contributed by atoms with Gasteiger partial charge in [-0.1, -0.05) is 41.7 Å². The van der Waals surface area contributed by atoms with Crippen LogP contribution >= 0.6 is 23.5 Å². The van der Waals surface area contributed by atoms with Crippen molar-refractivity contribution in [3.63, 3.8) is 0 Å². The quantitative estimate of drug-likeness (QED) is 0.879. The predicted octanol–water partition coefficient (Wildman–Crippen LogP) is 4.00. The van der Waals surface area contributed by atoms with Crippen LogP contribution in [0.1, 0.15) is 15.9 Å². The Balaban J connectivity index is 1.48. The van der Waals surface area contributed by atoms with Gasteiger partial charge in [0.25, 0.3) is 5.91 Å². The molecule has 0 saturated carbocycles. The third kappa shape index (κ3) is 3.77. The minimum Gasteiger partial charge on any atom is -0.454 e. The number of nitrogens with zero attached hydrogens (tertiary/aromatic N) is 1. The average molecular weight is 372 g/mol. The van der Waals surface area contributed by atoms with E-state index in [1.165, 1.54) is 0 Å². The van der Waals surface area contributed by atoms with Gasteiger partial charge in [0.05, 0.1) is 6.54 Å². The first-order valence-electron chi connectivity index (χ1n) is 7.88. The predicted molar refractivity (Wildman–Crippen MR) is 103 cm³/mol. The molecule has 0 aliphatic carbocycles. The third-order valence-corrected chi connectivity index (χ3v) is 6.10. The summed E-state index contributed by atoms with van der Waals surface area (Å²) in [6.45, 7) is 1.11. The average Bonchev–Trinajstić information content (AvgIpc) is 3.31. The summed E-state index contributed by atoms with van der Waals surface area (Å²) in [5.74, 6) is 3.00. The lowest BCUT2D eigenvalue weighted by Crippen LogP contribution is -2.14. The van der Waals surface area contributed by atoms with Crippen molar-refractivity contribution in [2.75, 3.05) is 24.4 Å². The van der Waals surface area contributed by atoms with Gasteiger partial charge in [-0.2, -0.15) is 0 Å². The van der Waals surface area contributed by atoms with Gasteiger partial charge in [0, 0.05) is 28.8 Å². The second kappa shape index (κ2) is 7.41. The van der Waals surface area contributed by atoms with Crippen molar-refractivity contribution in [2.45, 2.75) is 5.75 Å². The molecule has 2 aromatic carbocycles. The molecule has 5 nitrogen and oxygen atoms in total. The van der Waals surface area contributed by atoms with Crippen LogP contribution in [0.25, 0.3) is 0 Å². The molecule has 0 spiro atoms. The van der Waals surface area contributed by atoms with Gasteiger partial charge in [0.2, 0.25) is 6.79 Å². The number of hydrogen-bond donors (Lipinski definition) is 1. The molecule has 2 aliphatic heterocycles. The zero-order valence-electron chi connectivity index (χ0n) is 13.4. The lowest BCUT2D eigenvalue weighted by Gasteiger charge is -2.10. The number of rotatable bonds is 4. The highest BCUT2D eigenvalue weighted by molar-refractivity contribution is 8.38. The lowest BCUT2D eigenvalue weighted by molar-refractivity contribution is 0.102. The first kappa shape index (κ1) is 16.4. The molecule has 2 aromatic rings. The van der Waals surface area contributed by atoms with Gasteiger partial charge in [-0.25, -0.2) is 0 Å². The van der Waals surface area contributed by atoms with E-state index in [9.17, 15) is 4.79 Å². The fraction of sp³-hybridized carbons (Fsp3) is 0.222. The number of nitrogens with one attached hydrogen (secondary N) is 1. The third-order valence-electron chi connectivity index (χ3n) is 3.80. The number of thioether (sulfide) groups is 2. The summed E-state index contributed by atoms with van der Waals surface area (Å²) in [4.78, 5) is 17.1. The van der Waals surface area contributed by atoms with Crippen molar-refractivity contribution in [1.82, 2.24) is 0 Å². The van der Waals surface area contributed by atoms with Crippen molar-refractivity contribution in [1.29, 1.82) is 0 Å². The van der Waals surface area contributed by atoms with Crippen LogP contribution in [0.15, 0.2) is 47.5 Å². The van der Waals surface area contributed by atoms with Crippen LogP contribution in [0.5, 0.6) is 11.5 Å². The van der Waals surface area contributed by atoms with Crippen molar-refractivity contribution in [3.8, 4) is 11.5 Å². The summed E-state index contributed by atoms with van der Waals surface area (Å²) in [6, 6.07) is 13.1. The molecule has 25 heavy (non-hydrogen) atoms. The molecule has 2 aliphatic rings. The van der Waals surface area contributed by atoms with Crippen LogP contribution in [0.3, 0.4) is 0 Å². The molecule has 0 saturated heterocycles. The Labute approximate surface area is 154 Å². The fourth-order valence-electron chi connectivity index (χ4n) is 2.58. The molecule has 1 N–H and O–H groups in total. The minimum absolute atomic E-state index is 0.129. The van der Waals surface area contributed by atoms with Gasteiger partial charge >= 0.3 is 0 Å². The van der Waals surface area contributed by atoms with E-state index in [1.807, 2.05) is 30.3 Å². The SMILES string of the molecule is O=C(Nc1ccc2c(c1)OCO2)c1ccccc1CSC1=NCCS1. The van der Waals surface area contributed by atoms with Crippen LogP contribution < -0.4 is 14.8 Å². The van der Waals surface area contributed by atoms with Crippen LogP contribution in [-0.2, 0) is 5.75 Å². The number of carbonyl (C=O) groups is 1. The maximum atomic E-state index is 12.7. The molecule has 2 heterocycles. The van der Waals surface area contributed by atoms with Crippen LogP contribution in [0, 0.1) is 0 Å². The Hall–Kier alpha value is -2.12. The normalized spacial score (nSPS) is 15.1. The second-order valence-corrected chi connectivity index (χ2v) is 7.77. The summed E-state index contributed by atoms with van der Waals surface area (Å²) >= 11 is 3.46. The highest BCUT2D eigenvalue weighted by Crippen LogP contribution is 2.34. The zero-order chi connectivity index (χ0) is 17.1. The standard InChI is InChI=1S/C18H16N2O3S2/c21-17(20-13-5-6-15-16(9-13)23-11-22-15)14-4-2-1-3-12(14)10-25-18-19-7-8-24-18/h1-6,9H,7-8,10-11H2,(H,20,21). The van der Waals surface area contributed by atoms with E-state index >= 15 is 0 Å². The van der Waals surface area contributed by atoms with Crippen molar-refractivity contribution in [3.05, 3.63) is 53.6 Å². The van der Waals surface area contributed by atoms with E-state index in [0.29, 0.717) is 22.7 Å². The van der Waals surface area contributed by atoms with E-state index in [4.69, 9.17) is 9.47 Å². The van der Waals surface area contributed by atoms with Gasteiger partial charge in [-0.15, -0.1) is 0 Å². The molecule has 0 bridgehead atoms. The second-order valence-electron chi connectivity index (χ2n) is 5.46. The first-order valence-corrected chi connectivity index (χ1v) is 9.86. The summed E-state index contributed by atoms with van der Waals surface area (Å²) in [7, 11) is 0. The molecular weight excluding hydrogens is 356 g/mol. The molecular formula is C18H16N2O3S2. The monoisotopic (exact) mass is 372 g/mol. The molecule has 0 radical (unpaired) electrons. The fourth-order valence-corrected chi connectivity index (χ4v) is 4.60. The Bertz CT molecular complexity index is 839. The highest BCUT2D eigenvalue weighted by atomic mass is 32.2. The number of hydrogen-bond acceptors (Lipinski definition) is 6. The summed E-state index contributed by atoms with van der Waals surface area (Å²) in [5.41, 5.74) is 2.37. The zero-order valence-corrected chi connectivity index (χ0v) is 15.0. The Morgan fingerprint density at radius 3 is 2.96 bits per heavy atom. The van der Waals surface area contributed by atoms with E-state index in [0.717, 1.165) is 28.0 Å². The topological polar surface area (TPSA) is 59.9 Å². The number of amides is 1. The smallest absolute Gasteiger partial charge is 0.255 e. The van der Waals surface area contributed by atoms with Crippen molar-refractivity contribution >= 4 is 39.5 Å². The molecule has 4 rings (SSSR count). The Morgan fingerprint density at radius 1 is 1.20 bits per heavy atom. The lowest BCUT2D eigenvalue weighted by atomic mass is 10.1. The van der Waals surface area contributed by atoms with Crippen LogP contribution in [0.2, 0.25) is 0 Å². The minimum atomic E-state index is -0.129. The first-order chi connectivity index (χ1) is 12.3. The largest absolute Gasteiger partial charge is 0.454 e. The van der Waals surface area contributed by atoms with Gasteiger partial charge in [-0.05, 0) is 23.8 Å². The number of carbonyl (C=O) groups excluding carboxylic acids is 1. The molecule has 1 amide bonds. The number of fused-ring (bicyclic) bond motifs is 1. The molecule has 0 fully saturated rings. The van der Waals surface area contributed by atoms with E-state index in [-0.39, 0.29) is 12.7 Å². The molecule has 0 unspecified atom stereocenters. The van der Waals surface area contributed by atoms with E-state index in [2.05, 4.69) is 10.3 Å². The molecule has 0 atom stereocenters. The van der Waals surface area contributed by atoms with Crippen molar-refractivity contribution in [2.24, 2.45) is 4.99 Å². The molecule has 128 valence electrons. The van der Waals surface area contributed by atoms with Crippen molar-refractivity contribution < 1.29 is 14.3 Å². The summed E-state index contributed by atoms with van der Waals surface area (Å²) in [5, 5.41) is 2.94. The maximum absolute atomic E-state index is 12.7. The summed E-state index contributed by atoms with van der Waals surface area (Å²) in [6.07, 6.45) is 0.